The van der Waals surface area contributed by atoms with Crippen molar-refractivity contribution < 1.29 is 19.2 Å². The van der Waals surface area contributed by atoms with Crippen LogP contribution in [-0.4, -0.2) is 28.6 Å². The van der Waals surface area contributed by atoms with E-state index < -0.39 is 40.5 Å². The van der Waals surface area contributed by atoms with Crippen LogP contribution in [0, 0.1) is 25.7 Å². The van der Waals surface area contributed by atoms with Gasteiger partial charge in [-0.1, -0.05) is 42.5 Å². The van der Waals surface area contributed by atoms with Crippen molar-refractivity contribution in [2.75, 3.05) is 5.32 Å². The van der Waals surface area contributed by atoms with E-state index >= 15 is 0 Å². The van der Waals surface area contributed by atoms with Gasteiger partial charge in [0.15, 0.2) is 11.6 Å². The minimum atomic E-state index is -1.36. The Morgan fingerprint density at radius 3 is 2.00 bits per heavy atom. The third-order valence-electron chi connectivity index (χ3n) is 5.14. The highest BCUT2D eigenvalue weighted by atomic mass is 35.5. The maximum atomic E-state index is 13.0. The third kappa shape index (κ3) is 3.38. The number of carbonyl (C=O) groups excluding carboxylic acids is 4. The smallest absolute Gasteiger partial charge is 0.235 e. The predicted molar refractivity (Wildman–Crippen MR) is 107 cm³/mol. The molecule has 1 N–H and O–H groups in total. The number of hydrogen-bond donors (Lipinski definition) is 1. The van der Waals surface area contributed by atoms with Crippen LogP contribution < -0.4 is 5.32 Å². The first-order chi connectivity index (χ1) is 13.2. The number of Topliss-reactive ketones (excluding diaryl/α,β-unsaturated/α-hetero) is 3. The Hall–Kier alpha value is -2.79. The van der Waals surface area contributed by atoms with Gasteiger partial charge in [0.05, 0.1) is 5.92 Å². The number of alkyl halides is 1. The van der Waals surface area contributed by atoms with Gasteiger partial charge in [-0.05, 0) is 31.9 Å². The normalized spacial score (nSPS) is 19.7. The summed E-state index contributed by atoms with van der Waals surface area (Å²) < 4.78 is 0. The molecule has 0 bridgehead atoms. The van der Waals surface area contributed by atoms with Crippen LogP contribution in [0.25, 0.3) is 0 Å². The fourth-order valence-electron chi connectivity index (χ4n) is 3.67. The molecule has 6 heteroatoms. The minimum Gasteiger partial charge on any atom is -0.325 e. The molecular weight excluding hydrogens is 378 g/mol. The summed E-state index contributed by atoms with van der Waals surface area (Å²) in [4.78, 5) is 51.1. The standard InChI is InChI=1S/C22H20ClNO4/c1-11-7-6-8-12(2)19(11)24-22(28)16(13(3)25)17-18(23)21(27)15-10-5-4-9-14(15)20(17)26/h4-10,16-18H,1-3H3,(H,24,28)/t16-,17-,18+/m0/s1. The fraction of sp³-hybridized carbons (Fsp3) is 0.273. The molecule has 28 heavy (non-hydrogen) atoms. The van der Waals surface area contributed by atoms with Gasteiger partial charge in [0.2, 0.25) is 5.91 Å². The Morgan fingerprint density at radius 2 is 1.46 bits per heavy atom. The Morgan fingerprint density at radius 1 is 0.929 bits per heavy atom. The van der Waals surface area contributed by atoms with Gasteiger partial charge in [-0.15, -0.1) is 11.6 Å². The lowest BCUT2D eigenvalue weighted by atomic mass is 9.73. The van der Waals surface area contributed by atoms with E-state index in [2.05, 4.69) is 5.32 Å². The molecule has 0 aromatic heterocycles. The summed E-state index contributed by atoms with van der Waals surface area (Å²) in [5, 5.41) is 1.48. The van der Waals surface area contributed by atoms with E-state index in [-0.39, 0.29) is 11.1 Å². The van der Waals surface area contributed by atoms with Crippen LogP contribution in [0.5, 0.6) is 0 Å². The Balaban J connectivity index is 2.01. The number of ketones is 3. The molecule has 3 rings (SSSR count). The number of nitrogens with one attached hydrogen (secondary N) is 1. The van der Waals surface area contributed by atoms with E-state index in [4.69, 9.17) is 11.6 Å². The van der Waals surface area contributed by atoms with Crippen LogP contribution in [0.2, 0.25) is 0 Å². The van der Waals surface area contributed by atoms with Crippen LogP contribution in [0.3, 0.4) is 0 Å². The van der Waals surface area contributed by atoms with Gasteiger partial charge in [-0.25, -0.2) is 0 Å². The maximum Gasteiger partial charge on any atom is 0.235 e. The van der Waals surface area contributed by atoms with Gasteiger partial charge >= 0.3 is 0 Å². The number of para-hydroxylation sites is 1. The first kappa shape index (κ1) is 20.0. The lowest BCUT2D eigenvalue weighted by molar-refractivity contribution is -0.131. The Bertz CT molecular complexity index is 978. The molecule has 1 amide bonds. The van der Waals surface area contributed by atoms with E-state index in [0.717, 1.165) is 11.1 Å². The van der Waals surface area contributed by atoms with Crippen LogP contribution in [0.15, 0.2) is 42.5 Å². The van der Waals surface area contributed by atoms with Gasteiger partial charge < -0.3 is 5.32 Å². The zero-order valence-corrected chi connectivity index (χ0v) is 16.5. The lowest BCUT2D eigenvalue weighted by Gasteiger charge is -2.31. The molecule has 0 heterocycles. The van der Waals surface area contributed by atoms with E-state index in [9.17, 15) is 19.2 Å². The molecule has 1 aliphatic rings. The Kier molecular flexibility index (Phi) is 5.47. The molecule has 0 radical (unpaired) electrons. The average molecular weight is 398 g/mol. The molecule has 0 aliphatic heterocycles. The summed E-state index contributed by atoms with van der Waals surface area (Å²) in [5.41, 5.74) is 2.66. The number of rotatable bonds is 4. The average Bonchev–Trinajstić information content (AvgIpc) is 2.66. The highest BCUT2D eigenvalue weighted by molar-refractivity contribution is 6.39. The first-order valence-corrected chi connectivity index (χ1v) is 9.36. The summed E-state index contributed by atoms with van der Waals surface area (Å²) in [6.45, 7) is 4.90. The monoisotopic (exact) mass is 397 g/mol. The van der Waals surface area contributed by atoms with Crippen LogP contribution >= 0.6 is 11.6 Å². The Labute approximate surface area is 168 Å². The van der Waals surface area contributed by atoms with Crippen LogP contribution in [-0.2, 0) is 9.59 Å². The maximum absolute atomic E-state index is 13.0. The molecule has 2 aromatic rings. The molecule has 144 valence electrons. The molecule has 0 unspecified atom stereocenters. The second-order valence-corrected chi connectivity index (χ2v) is 7.52. The summed E-state index contributed by atoms with van der Waals surface area (Å²) in [6.07, 6.45) is 0. The highest BCUT2D eigenvalue weighted by Crippen LogP contribution is 2.35. The summed E-state index contributed by atoms with van der Waals surface area (Å²) in [6, 6.07) is 11.9. The number of fused-ring (bicyclic) bond motifs is 1. The molecule has 1 aliphatic carbocycles. The minimum absolute atomic E-state index is 0.195. The van der Waals surface area contributed by atoms with Gasteiger partial charge in [-0.3, -0.25) is 19.2 Å². The molecule has 0 saturated carbocycles. The zero-order valence-electron chi connectivity index (χ0n) is 15.8. The third-order valence-corrected chi connectivity index (χ3v) is 5.61. The number of aryl methyl sites for hydroxylation is 2. The number of carbonyl (C=O) groups is 4. The van der Waals surface area contributed by atoms with E-state index in [1.165, 1.54) is 19.1 Å². The van der Waals surface area contributed by atoms with Crippen molar-refractivity contribution in [3.05, 3.63) is 64.7 Å². The molecule has 0 spiro atoms. The van der Waals surface area contributed by atoms with Crippen molar-refractivity contribution in [1.29, 1.82) is 0 Å². The number of halogens is 1. The molecule has 5 nitrogen and oxygen atoms in total. The largest absolute Gasteiger partial charge is 0.325 e. The van der Waals surface area contributed by atoms with Gasteiger partial charge in [0, 0.05) is 16.8 Å². The lowest BCUT2D eigenvalue weighted by Crippen LogP contribution is -2.48. The van der Waals surface area contributed by atoms with Crippen molar-refractivity contribution in [2.45, 2.75) is 26.1 Å². The van der Waals surface area contributed by atoms with E-state index in [0.29, 0.717) is 5.69 Å². The highest BCUT2D eigenvalue weighted by Gasteiger charge is 2.48. The molecule has 3 atom stereocenters. The summed E-state index contributed by atoms with van der Waals surface area (Å²) >= 11 is 6.30. The summed E-state index contributed by atoms with van der Waals surface area (Å²) in [7, 11) is 0. The van der Waals surface area contributed by atoms with Gasteiger partial charge in [0.25, 0.3) is 0 Å². The molecule has 0 fully saturated rings. The quantitative estimate of drug-likeness (QED) is 0.629. The fourth-order valence-corrected chi connectivity index (χ4v) is 4.05. The molecule has 2 aromatic carbocycles. The topological polar surface area (TPSA) is 80.3 Å². The van der Waals surface area contributed by atoms with Crippen LogP contribution in [0.4, 0.5) is 5.69 Å². The van der Waals surface area contributed by atoms with Crippen molar-refractivity contribution >= 4 is 40.5 Å². The van der Waals surface area contributed by atoms with Crippen molar-refractivity contribution in [1.82, 2.24) is 0 Å². The number of anilines is 1. The molecular formula is C22H20ClNO4. The second kappa shape index (κ2) is 7.68. The van der Waals surface area contributed by atoms with E-state index in [1.807, 2.05) is 32.0 Å². The van der Waals surface area contributed by atoms with Crippen molar-refractivity contribution in [3.8, 4) is 0 Å². The van der Waals surface area contributed by atoms with Gasteiger partial charge in [-0.2, -0.15) is 0 Å². The van der Waals surface area contributed by atoms with Crippen molar-refractivity contribution in [2.24, 2.45) is 11.8 Å². The van der Waals surface area contributed by atoms with Gasteiger partial charge in [0.1, 0.15) is 17.1 Å². The first-order valence-electron chi connectivity index (χ1n) is 8.93. The van der Waals surface area contributed by atoms with E-state index in [1.54, 1.807) is 12.1 Å². The number of benzene rings is 2. The zero-order chi connectivity index (χ0) is 20.6. The second-order valence-electron chi connectivity index (χ2n) is 7.05. The molecule has 0 saturated heterocycles. The SMILES string of the molecule is CC(=O)[C@H](C(=O)Nc1c(C)cccc1C)[C@@H]1C(=O)c2ccccc2C(=O)[C@@H]1Cl. The van der Waals surface area contributed by atoms with Crippen molar-refractivity contribution in [3.63, 3.8) is 0 Å². The predicted octanol–water partition coefficient (Wildman–Crippen LogP) is 3.75. The number of hydrogen-bond acceptors (Lipinski definition) is 4. The van der Waals surface area contributed by atoms with Crippen LogP contribution in [0.1, 0.15) is 38.8 Å². The summed E-state index contributed by atoms with van der Waals surface area (Å²) in [5.74, 6) is -4.67. The number of amides is 1.